The zero-order chi connectivity index (χ0) is 10.8. The molecule has 0 amide bonds. The van der Waals surface area contributed by atoms with Crippen LogP contribution in [0.2, 0.25) is 5.15 Å². The first-order valence-electron chi connectivity index (χ1n) is 4.88. The molecule has 0 N–H and O–H groups in total. The number of thioether (sulfide) groups is 2. The number of halogens is 1. The van der Waals surface area contributed by atoms with Crippen LogP contribution in [-0.2, 0) is 0 Å². The molecule has 1 saturated heterocycles. The Hall–Kier alpha value is 0.0700. The topological polar surface area (TPSA) is 25.8 Å². The van der Waals surface area contributed by atoms with Crippen LogP contribution in [0.25, 0.3) is 0 Å². The fraction of sp³-hybridized carbons (Fsp3) is 0.600. The summed E-state index contributed by atoms with van der Waals surface area (Å²) >= 11 is 9.98. The van der Waals surface area contributed by atoms with Gasteiger partial charge in [-0.2, -0.15) is 11.8 Å². The smallest absolute Gasteiger partial charge is 0.144 e. The summed E-state index contributed by atoms with van der Waals surface area (Å²) in [6, 6.07) is 0. The average Bonchev–Trinajstić information content (AvgIpc) is 2.26. The van der Waals surface area contributed by atoms with Crippen LogP contribution in [0.3, 0.4) is 0 Å². The van der Waals surface area contributed by atoms with E-state index in [1.165, 1.54) is 11.5 Å². The van der Waals surface area contributed by atoms with Gasteiger partial charge in [0.05, 0.1) is 5.25 Å². The van der Waals surface area contributed by atoms with Crippen molar-refractivity contribution in [2.24, 2.45) is 0 Å². The molecule has 0 bridgehead atoms. The van der Waals surface area contributed by atoms with Crippen molar-refractivity contribution in [3.8, 4) is 0 Å². The molecule has 1 aromatic rings. The summed E-state index contributed by atoms with van der Waals surface area (Å²) in [6.07, 6.45) is 0. The van der Waals surface area contributed by atoms with E-state index in [0.717, 1.165) is 22.8 Å². The van der Waals surface area contributed by atoms with Crippen molar-refractivity contribution >= 4 is 35.1 Å². The molecule has 2 rings (SSSR count). The molecule has 2 nitrogen and oxygen atoms in total. The van der Waals surface area contributed by atoms with Crippen molar-refractivity contribution < 1.29 is 0 Å². The van der Waals surface area contributed by atoms with Crippen LogP contribution in [-0.4, -0.2) is 27.2 Å². The molecule has 1 unspecified atom stereocenters. The van der Waals surface area contributed by atoms with Gasteiger partial charge in [-0.05, 0) is 13.8 Å². The standard InChI is InChI=1S/C10H13ClN2S2/c1-6-7(2)12-10(13-9(6)11)8-5-14-3-4-15-8/h8H,3-5H2,1-2H3. The second-order valence-corrected chi connectivity index (χ2v) is 6.34. The zero-order valence-corrected chi connectivity index (χ0v) is 11.2. The van der Waals surface area contributed by atoms with Gasteiger partial charge in [0.2, 0.25) is 0 Å². The molecule has 5 heteroatoms. The van der Waals surface area contributed by atoms with E-state index in [2.05, 4.69) is 9.97 Å². The average molecular weight is 261 g/mol. The first kappa shape index (κ1) is 11.6. The summed E-state index contributed by atoms with van der Waals surface area (Å²) in [5.74, 6) is 4.42. The van der Waals surface area contributed by atoms with E-state index < -0.39 is 0 Å². The summed E-state index contributed by atoms with van der Waals surface area (Å²) in [7, 11) is 0. The number of aromatic nitrogens is 2. The van der Waals surface area contributed by atoms with Crippen LogP contribution < -0.4 is 0 Å². The maximum atomic E-state index is 6.07. The molecule has 1 atom stereocenters. The van der Waals surface area contributed by atoms with Gasteiger partial charge in [0.1, 0.15) is 11.0 Å². The van der Waals surface area contributed by atoms with Gasteiger partial charge in [-0.3, -0.25) is 0 Å². The van der Waals surface area contributed by atoms with E-state index in [0.29, 0.717) is 10.4 Å². The van der Waals surface area contributed by atoms with Gasteiger partial charge in [0, 0.05) is 28.5 Å². The number of aryl methyl sites for hydroxylation is 1. The van der Waals surface area contributed by atoms with Crippen LogP contribution in [0.4, 0.5) is 0 Å². The lowest BCUT2D eigenvalue weighted by atomic mass is 10.2. The molecule has 0 aliphatic carbocycles. The first-order chi connectivity index (χ1) is 7.18. The third-order valence-corrected chi connectivity index (χ3v) is 5.57. The Balaban J connectivity index is 2.27. The van der Waals surface area contributed by atoms with Crippen molar-refractivity contribution in [1.29, 1.82) is 0 Å². The lowest BCUT2D eigenvalue weighted by Gasteiger charge is -2.20. The van der Waals surface area contributed by atoms with Gasteiger partial charge in [-0.25, -0.2) is 9.97 Å². The maximum absolute atomic E-state index is 6.07. The third kappa shape index (κ3) is 2.60. The minimum Gasteiger partial charge on any atom is -0.237 e. The molecule has 0 radical (unpaired) electrons. The van der Waals surface area contributed by atoms with Gasteiger partial charge in [0.15, 0.2) is 0 Å². The summed E-state index contributed by atoms with van der Waals surface area (Å²) in [6.45, 7) is 3.96. The van der Waals surface area contributed by atoms with Crippen molar-refractivity contribution in [2.75, 3.05) is 17.3 Å². The second kappa shape index (κ2) is 4.93. The Kier molecular flexibility index (Phi) is 3.80. The van der Waals surface area contributed by atoms with Gasteiger partial charge >= 0.3 is 0 Å². The van der Waals surface area contributed by atoms with E-state index >= 15 is 0 Å². The van der Waals surface area contributed by atoms with E-state index in [4.69, 9.17) is 11.6 Å². The fourth-order valence-corrected chi connectivity index (χ4v) is 4.22. The molecule has 2 heterocycles. The number of nitrogens with zero attached hydrogens (tertiary/aromatic N) is 2. The van der Waals surface area contributed by atoms with Crippen LogP contribution in [0.5, 0.6) is 0 Å². The van der Waals surface area contributed by atoms with E-state index in [1.54, 1.807) is 0 Å². The Morgan fingerprint density at radius 3 is 2.67 bits per heavy atom. The Labute approximate surface area is 104 Å². The minimum absolute atomic E-state index is 0.417. The highest BCUT2D eigenvalue weighted by molar-refractivity contribution is 8.06. The SMILES string of the molecule is Cc1nc(C2CSCCS2)nc(Cl)c1C. The molecular weight excluding hydrogens is 248 g/mol. The Morgan fingerprint density at radius 2 is 2.07 bits per heavy atom. The lowest BCUT2D eigenvalue weighted by Crippen LogP contribution is -2.11. The third-order valence-electron chi connectivity index (χ3n) is 2.45. The molecular formula is C10H13ClN2S2. The van der Waals surface area contributed by atoms with Crippen LogP contribution in [0.15, 0.2) is 0 Å². The van der Waals surface area contributed by atoms with Gasteiger partial charge < -0.3 is 0 Å². The normalized spacial score (nSPS) is 21.7. The highest BCUT2D eigenvalue weighted by Crippen LogP contribution is 2.35. The largest absolute Gasteiger partial charge is 0.237 e. The first-order valence-corrected chi connectivity index (χ1v) is 7.46. The number of rotatable bonds is 1. The quantitative estimate of drug-likeness (QED) is 0.724. The van der Waals surface area contributed by atoms with Crippen molar-refractivity contribution in [1.82, 2.24) is 9.97 Å². The summed E-state index contributed by atoms with van der Waals surface area (Å²) < 4.78 is 0. The zero-order valence-electron chi connectivity index (χ0n) is 8.79. The molecule has 0 spiro atoms. The fourth-order valence-electron chi connectivity index (χ4n) is 1.40. The van der Waals surface area contributed by atoms with Crippen LogP contribution >= 0.6 is 35.1 Å². The molecule has 1 aliphatic rings. The van der Waals surface area contributed by atoms with E-state index in [9.17, 15) is 0 Å². The predicted octanol–water partition coefficient (Wildman–Crippen LogP) is 3.27. The molecule has 15 heavy (non-hydrogen) atoms. The minimum atomic E-state index is 0.417. The number of hydrogen-bond acceptors (Lipinski definition) is 4. The van der Waals surface area contributed by atoms with E-state index in [-0.39, 0.29) is 0 Å². The molecule has 0 aromatic carbocycles. The van der Waals surface area contributed by atoms with Crippen LogP contribution in [0, 0.1) is 13.8 Å². The highest BCUT2D eigenvalue weighted by Gasteiger charge is 2.20. The highest BCUT2D eigenvalue weighted by atomic mass is 35.5. The van der Waals surface area contributed by atoms with Gasteiger partial charge in [-0.15, -0.1) is 11.8 Å². The molecule has 1 fully saturated rings. The Bertz CT molecular complexity index is 341. The number of hydrogen-bond donors (Lipinski definition) is 0. The van der Waals surface area contributed by atoms with E-state index in [1.807, 2.05) is 37.4 Å². The second-order valence-electron chi connectivity index (χ2n) is 3.52. The Morgan fingerprint density at radius 1 is 1.27 bits per heavy atom. The van der Waals surface area contributed by atoms with Crippen LogP contribution in [0.1, 0.15) is 22.3 Å². The van der Waals surface area contributed by atoms with Crippen molar-refractivity contribution in [2.45, 2.75) is 19.1 Å². The summed E-state index contributed by atoms with van der Waals surface area (Å²) in [5.41, 5.74) is 2.00. The monoisotopic (exact) mass is 260 g/mol. The van der Waals surface area contributed by atoms with Crippen molar-refractivity contribution in [3.63, 3.8) is 0 Å². The summed E-state index contributed by atoms with van der Waals surface area (Å²) in [5, 5.41) is 1.02. The molecule has 1 aliphatic heterocycles. The molecule has 1 aromatic heterocycles. The van der Waals surface area contributed by atoms with Gasteiger partial charge in [-0.1, -0.05) is 11.6 Å². The van der Waals surface area contributed by atoms with Gasteiger partial charge in [0.25, 0.3) is 0 Å². The molecule has 0 saturated carbocycles. The maximum Gasteiger partial charge on any atom is 0.144 e. The molecule has 82 valence electrons. The predicted molar refractivity (Wildman–Crippen MR) is 69.0 cm³/mol. The van der Waals surface area contributed by atoms with Crippen molar-refractivity contribution in [3.05, 3.63) is 22.2 Å². The lowest BCUT2D eigenvalue weighted by molar-refractivity contribution is 0.892. The summed E-state index contributed by atoms with van der Waals surface area (Å²) in [4.78, 5) is 8.90.